The Morgan fingerprint density at radius 1 is 1.62 bits per heavy atom. The molecule has 1 aromatic rings. The fourth-order valence-corrected chi connectivity index (χ4v) is 2.09. The first kappa shape index (κ1) is 11.3. The standard InChI is InChI=1S/C12H13ClO3/c1-2-16-11-4-3-7(13)5-9(11)8-6-10(8)12(14)15/h3-5,8,10H,2,6H2,1H3,(H,14,15). The Balaban J connectivity index is 2.25. The van der Waals surface area contributed by atoms with Crippen molar-refractivity contribution in [2.24, 2.45) is 5.92 Å². The van der Waals surface area contributed by atoms with Crippen LogP contribution in [0.1, 0.15) is 24.8 Å². The highest BCUT2D eigenvalue weighted by Crippen LogP contribution is 2.51. The fraction of sp³-hybridized carbons (Fsp3) is 0.417. The third-order valence-corrected chi connectivity index (χ3v) is 3.01. The molecule has 0 aliphatic heterocycles. The minimum Gasteiger partial charge on any atom is -0.494 e. The maximum absolute atomic E-state index is 10.8. The van der Waals surface area contributed by atoms with Crippen LogP contribution >= 0.6 is 11.6 Å². The summed E-state index contributed by atoms with van der Waals surface area (Å²) in [7, 11) is 0. The molecule has 1 aliphatic carbocycles. The van der Waals surface area contributed by atoms with Crippen LogP contribution in [0, 0.1) is 5.92 Å². The predicted octanol–water partition coefficient (Wildman–Crippen LogP) is 2.93. The second-order valence-corrected chi connectivity index (χ2v) is 4.34. The van der Waals surface area contributed by atoms with Gasteiger partial charge in [0, 0.05) is 10.9 Å². The largest absolute Gasteiger partial charge is 0.494 e. The van der Waals surface area contributed by atoms with Crippen molar-refractivity contribution < 1.29 is 14.6 Å². The molecule has 2 unspecified atom stereocenters. The fourth-order valence-electron chi connectivity index (χ4n) is 1.91. The maximum atomic E-state index is 10.8. The molecule has 1 saturated carbocycles. The zero-order valence-electron chi connectivity index (χ0n) is 8.94. The molecule has 0 saturated heterocycles. The average Bonchev–Trinajstić information content (AvgIpc) is 3.00. The molecular weight excluding hydrogens is 228 g/mol. The van der Waals surface area contributed by atoms with Crippen molar-refractivity contribution in [2.75, 3.05) is 6.61 Å². The van der Waals surface area contributed by atoms with Gasteiger partial charge in [-0.25, -0.2) is 0 Å². The zero-order chi connectivity index (χ0) is 11.7. The van der Waals surface area contributed by atoms with E-state index in [2.05, 4.69) is 0 Å². The highest BCUT2D eigenvalue weighted by Gasteiger charge is 2.45. The molecule has 0 radical (unpaired) electrons. The number of halogens is 1. The van der Waals surface area contributed by atoms with Crippen molar-refractivity contribution in [1.82, 2.24) is 0 Å². The lowest BCUT2D eigenvalue weighted by atomic mass is 10.1. The topological polar surface area (TPSA) is 46.5 Å². The molecule has 3 nitrogen and oxygen atoms in total. The highest BCUT2D eigenvalue weighted by atomic mass is 35.5. The lowest BCUT2D eigenvalue weighted by molar-refractivity contribution is -0.138. The van der Waals surface area contributed by atoms with E-state index in [-0.39, 0.29) is 11.8 Å². The van der Waals surface area contributed by atoms with Crippen molar-refractivity contribution >= 4 is 17.6 Å². The monoisotopic (exact) mass is 240 g/mol. The summed E-state index contributed by atoms with van der Waals surface area (Å²) in [5.74, 6) is -0.219. The number of aliphatic carboxylic acids is 1. The molecule has 0 spiro atoms. The van der Waals surface area contributed by atoms with Crippen LogP contribution < -0.4 is 4.74 Å². The molecule has 1 fully saturated rings. The summed E-state index contributed by atoms with van der Waals surface area (Å²) in [6.45, 7) is 2.47. The smallest absolute Gasteiger partial charge is 0.307 e. The third kappa shape index (κ3) is 2.14. The first-order valence-electron chi connectivity index (χ1n) is 5.28. The summed E-state index contributed by atoms with van der Waals surface area (Å²) >= 11 is 5.91. The normalized spacial score (nSPS) is 22.9. The van der Waals surface area contributed by atoms with Crippen LogP contribution in [0.15, 0.2) is 18.2 Å². The molecule has 86 valence electrons. The number of hydrogen-bond acceptors (Lipinski definition) is 2. The molecule has 2 atom stereocenters. The number of hydrogen-bond donors (Lipinski definition) is 1. The highest BCUT2D eigenvalue weighted by molar-refractivity contribution is 6.30. The lowest BCUT2D eigenvalue weighted by Gasteiger charge is -2.09. The number of carboxylic acids is 1. The molecule has 0 heterocycles. The van der Waals surface area contributed by atoms with Crippen LogP contribution in [-0.2, 0) is 4.79 Å². The minimum absolute atomic E-state index is 0.0535. The van der Waals surface area contributed by atoms with Crippen LogP contribution in [0.5, 0.6) is 5.75 Å². The van der Waals surface area contributed by atoms with Gasteiger partial charge >= 0.3 is 5.97 Å². The van der Waals surface area contributed by atoms with Gasteiger partial charge in [0.25, 0.3) is 0 Å². The first-order valence-corrected chi connectivity index (χ1v) is 5.66. The number of ether oxygens (including phenoxy) is 1. The number of carbonyl (C=O) groups is 1. The molecule has 4 heteroatoms. The van der Waals surface area contributed by atoms with Crippen LogP contribution in [-0.4, -0.2) is 17.7 Å². The van der Waals surface area contributed by atoms with Gasteiger partial charge in [0.1, 0.15) is 5.75 Å². The molecule has 0 amide bonds. The van der Waals surface area contributed by atoms with E-state index >= 15 is 0 Å². The average molecular weight is 241 g/mol. The molecule has 1 aliphatic rings. The van der Waals surface area contributed by atoms with E-state index in [0.717, 1.165) is 11.3 Å². The van der Waals surface area contributed by atoms with Crippen molar-refractivity contribution in [3.63, 3.8) is 0 Å². The van der Waals surface area contributed by atoms with Crippen molar-refractivity contribution in [1.29, 1.82) is 0 Å². The van der Waals surface area contributed by atoms with Crippen molar-refractivity contribution in [3.05, 3.63) is 28.8 Å². The summed E-state index contributed by atoms with van der Waals surface area (Å²) in [6.07, 6.45) is 0.676. The molecule has 2 rings (SSSR count). The van der Waals surface area contributed by atoms with Crippen LogP contribution in [0.2, 0.25) is 5.02 Å². The number of carboxylic acid groups (broad SMARTS) is 1. The van der Waals surface area contributed by atoms with Crippen molar-refractivity contribution in [3.8, 4) is 5.75 Å². The Kier molecular flexibility index (Phi) is 3.06. The van der Waals surface area contributed by atoms with E-state index in [1.807, 2.05) is 6.92 Å². The first-order chi connectivity index (χ1) is 7.63. The van der Waals surface area contributed by atoms with E-state index in [9.17, 15) is 4.79 Å². The van der Waals surface area contributed by atoms with Crippen LogP contribution in [0.25, 0.3) is 0 Å². The van der Waals surface area contributed by atoms with Gasteiger partial charge in [-0.05, 0) is 37.1 Å². The van der Waals surface area contributed by atoms with E-state index in [1.165, 1.54) is 0 Å². The molecule has 1 aromatic carbocycles. The molecule has 16 heavy (non-hydrogen) atoms. The number of benzene rings is 1. The van der Waals surface area contributed by atoms with Crippen LogP contribution in [0.3, 0.4) is 0 Å². The summed E-state index contributed by atoms with van der Waals surface area (Å²) in [6, 6.07) is 5.37. The van der Waals surface area contributed by atoms with Gasteiger partial charge in [-0.15, -0.1) is 0 Å². The molecule has 0 aromatic heterocycles. The Morgan fingerprint density at radius 2 is 2.38 bits per heavy atom. The van der Waals surface area contributed by atoms with E-state index in [1.54, 1.807) is 18.2 Å². The molecule has 0 bridgehead atoms. The minimum atomic E-state index is -0.743. The molecular formula is C12H13ClO3. The second kappa shape index (κ2) is 4.34. The number of rotatable bonds is 4. The van der Waals surface area contributed by atoms with E-state index in [4.69, 9.17) is 21.4 Å². The summed E-state index contributed by atoms with van der Waals surface area (Å²) in [5.41, 5.74) is 0.918. The van der Waals surface area contributed by atoms with Gasteiger partial charge in [-0.2, -0.15) is 0 Å². The van der Waals surface area contributed by atoms with Gasteiger partial charge in [0.05, 0.1) is 12.5 Å². The van der Waals surface area contributed by atoms with Gasteiger partial charge in [0.15, 0.2) is 0 Å². The van der Waals surface area contributed by atoms with Crippen molar-refractivity contribution in [2.45, 2.75) is 19.3 Å². The molecule has 1 N–H and O–H groups in total. The summed E-state index contributed by atoms with van der Waals surface area (Å²) < 4.78 is 5.47. The zero-order valence-corrected chi connectivity index (χ0v) is 9.70. The van der Waals surface area contributed by atoms with Gasteiger partial charge in [-0.1, -0.05) is 11.6 Å². The summed E-state index contributed by atoms with van der Waals surface area (Å²) in [4.78, 5) is 10.8. The Hall–Kier alpha value is -1.22. The Labute approximate surface area is 99.0 Å². The second-order valence-electron chi connectivity index (χ2n) is 3.90. The Morgan fingerprint density at radius 3 is 2.94 bits per heavy atom. The SMILES string of the molecule is CCOc1ccc(Cl)cc1C1CC1C(=O)O. The van der Waals surface area contributed by atoms with E-state index in [0.29, 0.717) is 18.1 Å². The maximum Gasteiger partial charge on any atom is 0.307 e. The van der Waals surface area contributed by atoms with Gasteiger partial charge in [0.2, 0.25) is 0 Å². The van der Waals surface area contributed by atoms with Gasteiger partial charge < -0.3 is 9.84 Å². The quantitative estimate of drug-likeness (QED) is 0.880. The lowest BCUT2D eigenvalue weighted by Crippen LogP contribution is -2.01. The van der Waals surface area contributed by atoms with Gasteiger partial charge in [-0.3, -0.25) is 4.79 Å². The predicted molar refractivity (Wildman–Crippen MR) is 61.1 cm³/mol. The third-order valence-electron chi connectivity index (χ3n) is 2.78. The van der Waals surface area contributed by atoms with E-state index < -0.39 is 5.97 Å². The van der Waals surface area contributed by atoms with Crippen LogP contribution in [0.4, 0.5) is 0 Å². The Bertz CT molecular complexity index is 417. The summed E-state index contributed by atoms with van der Waals surface area (Å²) in [5, 5.41) is 9.52.